The lowest BCUT2D eigenvalue weighted by molar-refractivity contribution is 0.0954. The Morgan fingerprint density at radius 1 is 1.14 bits per heavy atom. The van der Waals surface area contributed by atoms with E-state index in [1.54, 1.807) is 59.9 Å². The Morgan fingerprint density at radius 2 is 2.06 bits per heavy atom. The van der Waals surface area contributed by atoms with Gasteiger partial charge in [-0.15, -0.1) is 16.4 Å². The second kappa shape index (κ2) is 10.6. The fourth-order valence-electron chi connectivity index (χ4n) is 3.47. The van der Waals surface area contributed by atoms with Gasteiger partial charge in [0, 0.05) is 30.7 Å². The zero-order valence-corrected chi connectivity index (χ0v) is 20.4. The molecule has 1 amide bonds. The van der Waals surface area contributed by atoms with Gasteiger partial charge in [-0.05, 0) is 30.3 Å². The van der Waals surface area contributed by atoms with Gasteiger partial charge in [-0.2, -0.15) is 0 Å². The number of hydrogen-bond donors (Lipinski definition) is 1. The fraction of sp³-hybridized carbons (Fsp3) is 0.125. The Morgan fingerprint density at radius 3 is 2.83 bits per heavy atom. The summed E-state index contributed by atoms with van der Waals surface area (Å²) in [6.45, 7) is 1.16. The third kappa shape index (κ3) is 5.37. The summed E-state index contributed by atoms with van der Waals surface area (Å²) < 4.78 is 11.7. The maximum atomic E-state index is 12.3. The number of amides is 1. The van der Waals surface area contributed by atoms with Gasteiger partial charge in [0.25, 0.3) is 11.5 Å². The second-order valence-corrected chi connectivity index (χ2v) is 9.37. The first-order valence-electron chi connectivity index (χ1n) is 10.9. The van der Waals surface area contributed by atoms with Crippen LogP contribution in [0, 0.1) is 0 Å². The van der Waals surface area contributed by atoms with Crippen molar-refractivity contribution in [2.45, 2.75) is 13.1 Å². The van der Waals surface area contributed by atoms with E-state index in [0.717, 1.165) is 0 Å². The number of carbonyl (C=O) groups excluding carboxylic acids is 1. The number of ether oxygens (including phenoxy) is 1. The third-order valence-corrected chi connectivity index (χ3v) is 6.45. The molecule has 10 nitrogen and oxygen atoms in total. The quantitative estimate of drug-likeness (QED) is 0.319. The summed E-state index contributed by atoms with van der Waals surface area (Å²) in [4.78, 5) is 29.2. The summed E-state index contributed by atoms with van der Waals surface area (Å²) in [6, 6.07) is 13.7. The van der Waals surface area contributed by atoms with Crippen LogP contribution in [-0.4, -0.2) is 41.6 Å². The number of nitrogens with one attached hydrogen (secondary N) is 1. The first kappa shape index (κ1) is 23.5. The molecule has 4 heterocycles. The topological polar surface area (TPSA) is 109 Å². The van der Waals surface area contributed by atoms with Crippen molar-refractivity contribution < 1.29 is 9.53 Å². The summed E-state index contributed by atoms with van der Waals surface area (Å²) in [6.07, 6.45) is 8.69. The minimum Gasteiger partial charge on any atom is -0.489 e. The molecule has 5 aromatic rings. The number of thiophene rings is 1. The van der Waals surface area contributed by atoms with Crippen LogP contribution in [0.1, 0.15) is 15.4 Å². The average Bonchev–Trinajstić information content (AvgIpc) is 3.66. The van der Waals surface area contributed by atoms with Gasteiger partial charge in [-0.3, -0.25) is 14.2 Å². The van der Waals surface area contributed by atoms with Gasteiger partial charge >= 0.3 is 0 Å². The van der Waals surface area contributed by atoms with Crippen LogP contribution in [-0.2, 0) is 13.1 Å². The van der Waals surface area contributed by atoms with Crippen LogP contribution in [0.3, 0.4) is 0 Å². The molecule has 0 aliphatic heterocycles. The number of hydrogen-bond acceptors (Lipinski definition) is 7. The maximum absolute atomic E-state index is 12.3. The second-order valence-electron chi connectivity index (χ2n) is 7.65. The largest absolute Gasteiger partial charge is 0.489 e. The molecular formula is C24H20ClN7O3S. The van der Waals surface area contributed by atoms with Gasteiger partial charge in [-0.25, -0.2) is 9.67 Å². The highest BCUT2D eigenvalue weighted by atomic mass is 35.5. The average molecular weight is 522 g/mol. The van der Waals surface area contributed by atoms with Crippen LogP contribution in [0.15, 0.2) is 84.4 Å². The van der Waals surface area contributed by atoms with Crippen LogP contribution in [0.2, 0.25) is 4.34 Å². The van der Waals surface area contributed by atoms with Crippen molar-refractivity contribution in [2.24, 2.45) is 0 Å². The Hall–Kier alpha value is -4.22. The van der Waals surface area contributed by atoms with Crippen molar-refractivity contribution in [1.29, 1.82) is 0 Å². The molecule has 5 rings (SSSR count). The first-order valence-corrected chi connectivity index (χ1v) is 12.1. The van der Waals surface area contributed by atoms with Crippen molar-refractivity contribution in [2.75, 3.05) is 6.61 Å². The summed E-state index contributed by atoms with van der Waals surface area (Å²) in [7, 11) is 0. The summed E-state index contributed by atoms with van der Waals surface area (Å²) in [5.74, 6) is 0.291. The van der Waals surface area contributed by atoms with E-state index in [1.807, 2.05) is 22.9 Å². The smallest absolute Gasteiger partial charge is 0.261 e. The van der Waals surface area contributed by atoms with E-state index >= 15 is 0 Å². The molecule has 182 valence electrons. The lowest BCUT2D eigenvalue weighted by Gasteiger charge is -2.14. The molecule has 0 aliphatic rings. The number of halogens is 1. The Balaban J connectivity index is 1.37. The van der Waals surface area contributed by atoms with Gasteiger partial charge in [0.05, 0.1) is 40.5 Å². The monoisotopic (exact) mass is 521 g/mol. The number of carbonyl (C=O) groups is 1. The number of benzene rings is 1. The molecule has 0 bridgehead atoms. The standard InChI is InChI=1S/C24H20ClN7O3S/c25-22-7-6-21(36-22)24(34)27-14-17-15-32(29-28-17)19-5-4-18(31-9-2-1-3-23(31)33)13-20(19)35-12-11-30-10-8-26-16-30/h1-10,13,15-16H,11-12,14H2,(H,27,34). The van der Waals surface area contributed by atoms with E-state index in [4.69, 9.17) is 16.3 Å². The van der Waals surface area contributed by atoms with Crippen molar-refractivity contribution in [3.05, 3.63) is 105 Å². The fourth-order valence-corrected chi connectivity index (χ4v) is 4.43. The van der Waals surface area contributed by atoms with Gasteiger partial charge in [0.2, 0.25) is 0 Å². The van der Waals surface area contributed by atoms with E-state index in [-0.39, 0.29) is 18.0 Å². The number of imidazole rings is 1. The van der Waals surface area contributed by atoms with Crippen molar-refractivity contribution in [3.8, 4) is 17.1 Å². The minimum atomic E-state index is -0.234. The molecule has 1 aromatic carbocycles. The first-order chi connectivity index (χ1) is 17.6. The summed E-state index contributed by atoms with van der Waals surface area (Å²) in [5.41, 5.74) is 1.71. The zero-order chi connectivity index (χ0) is 24.9. The number of nitrogens with zero attached hydrogens (tertiary/aromatic N) is 6. The van der Waals surface area contributed by atoms with E-state index in [9.17, 15) is 9.59 Å². The number of rotatable bonds is 9. The summed E-state index contributed by atoms with van der Waals surface area (Å²) in [5, 5.41) is 11.2. The lowest BCUT2D eigenvalue weighted by atomic mass is 10.2. The predicted octanol–water partition coefficient (Wildman–Crippen LogP) is 3.34. The van der Waals surface area contributed by atoms with Crippen molar-refractivity contribution in [1.82, 2.24) is 34.4 Å². The lowest BCUT2D eigenvalue weighted by Crippen LogP contribution is -2.21. The molecule has 0 saturated heterocycles. The molecule has 0 radical (unpaired) electrons. The van der Waals surface area contributed by atoms with E-state index in [0.29, 0.717) is 45.2 Å². The van der Waals surface area contributed by atoms with Crippen LogP contribution in [0.5, 0.6) is 5.75 Å². The Bertz CT molecular complexity index is 1540. The summed E-state index contributed by atoms with van der Waals surface area (Å²) >= 11 is 7.12. The van der Waals surface area contributed by atoms with Gasteiger partial charge in [0.15, 0.2) is 0 Å². The molecule has 1 N–H and O–H groups in total. The molecule has 0 saturated carbocycles. The molecule has 0 aliphatic carbocycles. The van der Waals surface area contributed by atoms with E-state index in [1.165, 1.54) is 22.0 Å². The Labute approximate surface area is 214 Å². The van der Waals surface area contributed by atoms with Crippen LogP contribution in [0.4, 0.5) is 0 Å². The van der Waals surface area contributed by atoms with Crippen molar-refractivity contribution >= 4 is 28.8 Å². The molecule has 12 heteroatoms. The van der Waals surface area contributed by atoms with Crippen LogP contribution >= 0.6 is 22.9 Å². The minimum absolute atomic E-state index is 0.152. The zero-order valence-electron chi connectivity index (χ0n) is 18.8. The van der Waals surface area contributed by atoms with Crippen LogP contribution < -0.4 is 15.6 Å². The van der Waals surface area contributed by atoms with Gasteiger partial charge in [-0.1, -0.05) is 22.9 Å². The van der Waals surface area contributed by atoms with Gasteiger partial charge < -0.3 is 14.6 Å². The molecule has 0 spiro atoms. The molecular weight excluding hydrogens is 502 g/mol. The van der Waals surface area contributed by atoms with Crippen molar-refractivity contribution in [3.63, 3.8) is 0 Å². The number of aromatic nitrogens is 6. The maximum Gasteiger partial charge on any atom is 0.261 e. The molecule has 0 unspecified atom stereocenters. The molecule has 36 heavy (non-hydrogen) atoms. The highest BCUT2D eigenvalue weighted by molar-refractivity contribution is 7.17. The highest BCUT2D eigenvalue weighted by Gasteiger charge is 2.14. The Kier molecular flexibility index (Phi) is 6.92. The molecule has 0 fully saturated rings. The normalized spacial score (nSPS) is 10.9. The SMILES string of the molecule is O=C(NCc1cn(-c2ccc(-n3ccccc3=O)cc2OCCn2ccnc2)nn1)c1ccc(Cl)s1. The number of pyridine rings is 1. The molecule has 4 aromatic heterocycles. The highest BCUT2D eigenvalue weighted by Crippen LogP contribution is 2.26. The van der Waals surface area contributed by atoms with Crippen LogP contribution in [0.25, 0.3) is 11.4 Å². The molecule has 0 atom stereocenters. The van der Waals surface area contributed by atoms with E-state index < -0.39 is 0 Å². The van der Waals surface area contributed by atoms with E-state index in [2.05, 4.69) is 20.6 Å². The van der Waals surface area contributed by atoms with Gasteiger partial charge in [0.1, 0.15) is 23.7 Å². The third-order valence-electron chi connectivity index (χ3n) is 5.23. The predicted molar refractivity (Wildman–Crippen MR) is 135 cm³/mol.